The van der Waals surface area contributed by atoms with E-state index in [-0.39, 0.29) is 0 Å². The van der Waals surface area contributed by atoms with Crippen LogP contribution in [0.15, 0.2) is 53.3 Å². The molecule has 1 N–H and O–H groups in total. The Morgan fingerprint density at radius 1 is 1.18 bits per heavy atom. The molecule has 0 aliphatic heterocycles. The van der Waals surface area contributed by atoms with E-state index in [0.717, 1.165) is 19.5 Å². The number of furan rings is 1. The SMILES string of the molecule is CCNCC(Cc1ccoc1)c1ccccc1. The third-order valence-corrected chi connectivity index (χ3v) is 2.97. The number of hydrogen-bond acceptors (Lipinski definition) is 2. The highest BCUT2D eigenvalue weighted by Gasteiger charge is 2.12. The lowest BCUT2D eigenvalue weighted by Gasteiger charge is -2.17. The molecule has 0 aliphatic rings. The largest absolute Gasteiger partial charge is 0.472 e. The summed E-state index contributed by atoms with van der Waals surface area (Å²) in [5.74, 6) is 0.508. The van der Waals surface area contributed by atoms with Gasteiger partial charge in [-0.1, -0.05) is 37.3 Å². The van der Waals surface area contributed by atoms with Gasteiger partial charge in [-0.25, -0.2) is 0 Å². The second kappa shape index (κ2) is 6.26. The van der Waals surface area contributed by atoms with Crippen LogP contribution in [0.2, 0.25) is 0 Å². The van der Waals surface area contributed by atoms with Crippen LogP contribution in [0.3, 0.4) is 0 Å². The van der Waals surface area contributed by atoms with Gasteiger partial charge in [0.25, 0.3) is 0 Å². The van der Waals surface area contributed by atoms with Gasteiger partial charge in [0.05, 0.1) is 12.5 Å². The van der Waals surface area contributed by atoms with E-state index >= 15 is 0 Å². The first kappa shape index (κ1) is 11.9. The van der Waals surface area contributed by atoms with E-state index in [1.54, 1.807) is 6.26 Å². The first-order chi connectivity index (χ1) is 8.40. The van der Waals surface area contributed by atoms with Gasteiger partial charge in [0.1, 0.15) is 0 Å². The van der Waals surface area contributed by atoms with Crippen LogP contribution in [0.4, 0.5) is 0 Å². The van der Waals surface area contributed by atoms with Crippen molar-refractivity contribution in [3.8, 4) is 0 Å². The maximum atomic E-state index is 5.14. The number of nitrogens with one attached hydrogen (secondary N) is 1. The van der Waals surface area contributed by atoms with Crippen molar-refractivity contribution in [2.24, 2.45) is 0 Å². The average molecular weight is 229 g/mol. The summed E-state index contributed by atoms with van der Waals surface area (Å²) in [6, 6.07) is 12.7. The van der Waals surface area contributed by atoms with E-state index < -0.39 is 0 Å². The normalized spacial score (nSPS) is 12.5. The third-order valence-electron chi connectivity index (χ3n) is 2.97. The molecule has 1 atom stereocenters. The monoisotopic (exact) mass is 229 g/mol. The van der Waals surface area contributed by atoms with Crippen molar-refractivity contribution in [1.82, 2.24) is 5.32 Å². The molecule has 2 aromatic rings. The molecule has 1 aromatic carbocycles. The van der Waals surface area contributed by atoms with Gasteiger partial charge < -0.3 is 9.73 Å². The molecule has 0 radical (unpaired) electrons. The number of benzene rings is 1. The summed E-state index contributed by atoms with van der Waals surface area (Å²) in [6.07, 6.45) is 4.60. The van der Waals surface area contributed by atoms with Crippen LogP contribution in [-0.2, 0) is 6.42 Å². The zero-order chi connectivity index (χ0) is 11.9. The van der Waals surface area contributed by atoms with Crippen LogP contribution in [0.5, 0.6) is 0 Å². The van der Waals surface area contributed by atoms with E-state index in [1.807, 2.05) is 12.3 Å². The van der Waals surface area contributed by atoms with E-state index in [9.17, 15) is 0 Å². The van der Waals surface area contributed by atoms with Crippen LogP contribution in [-0.4, -0.2) is 13.1 Å². The van der Waals surface area contributed by atoms with Crippen molar-refractivity contribution < 1.29 is 4.42 Å². The van der Waals surface area contributed by atoms with Crippen LogP contribution >= 0.6 is 0 Å². The maximum absolute atomic E-state index is 5.14. The summed E-state index contributed by atoms with van der Waals surface area (Å²) in [5, 5.41) is 3.43. The zero-order valence-corrected chi connectivity index (χ0v) is 10.2. The maximum Gasteiger partial charge on any atom is 0.0934 e. The van der Waals surface area contributed by atoms with E-state index in [4.69, 9.17) is 4.42 Å². The molecule has 0 amide bonds. The van der Waals surface area contributed by atoms with Crippen LogP contribution in [0, 0.1) is 0 Å². The summed E-state index contributed by atoms with van der Waals surface area (Å²) in [4.78, 5) is 0. The van der Waals surface area contributed by atoms with Gasteiger partial charge in [-0.2, -0.15) is 0 Å². The first-order valence-electron chi connectivity index (χ1n) is 6.17. The highest BCUT2D eigenvalue weighted by Crippen LogP contribution is 2.20. The second-order valence-corrected chi connectivity index (χ2v) is 4.25. The molecule has 1 unspecified atom stereocenters. The lowest BCUT2D eigenvalue weighted by atomic mass is 9.93. The Morgan fingerprint density at radius 2 is 2.00 bits per heavy atom. The van der Waals surface area contributed by atoms with Crippen molar-refractivity contribution in [3.63, 3.8) is 0 Å². The molecule has 17 heavy (non-hydrogen) atoms. The predicted octanol–water partition coefficient (Wildman–Crippen LogP) is 3.22. The minimum Gasteiger partial charge on any atom is -0.472 e. The quantitative estimate of drug-likeness (QED) is 0.822. The molecule has 0 saturated heterocycles. The van der Waals surface area contributed by atoms with Gasteiger partial charge >= 0.3 is 0 Å². The molecule has 90 valence electrons. The molecule has 0 spiro atoms. The van der Waals surface area contributed by atoms with E-state index in [0.29, 0.717) is 5.92 Å². The van der Waals surface area contributed by atoms with Gasteiger partial charge in [0.2, 0.25) is 0 Å². The number of rotatable bonds is 6. The van der Waals surface area contributed by atoms with Crippen molar-refractivity contribution >= 4 is 0 Å². The lowest BCUT2D eigenvalue weighted by Crippen LogP contribution is -2.22. The highest BCUT2D eigenvalue weighted by atomic mass is 16.3. The smallest absolute Gasteiger partial charge is 0.0934 e. The molecule has 1 heterocycles. The van der Waals surface area contributed by atoms with Gasteiger partial charge in [0.15, 0.2) is 0 Å². The minimum absolute atomic E-state index is 0.508. The molecule has 0 bridgehead atoms. The Labute approximate surface area is 103 Å². The fourth-order valence-corrected chi connectivity index (χ4v) is 2.04. The van der Waals surface area contributed by atoms with Gasteiger partial charge in [-0.05, 0) is 30.2 Å². The third kappa shape index (κ3) is 3.46. The van der Waals surface area contributed by atoms with Gasteiger partial charge in [-0.15, -0.1) is 0 Å². The van der Waals surface area contributed by atoms with E-state index in [1.165, 1.54) is 11.1 Å². The number of likely N-dealkylation sites (N-methyl/N-ethyl adjacent to an activating group) is 1. The molecule has 0 fully saturated rings. The van der Waals surface area contributed by atoms with Gasteiger partial charge in [0, 0.05) is 12.5 Å². The molecule has 2 rings (SSSR count). The molecule has 1 aromatic heterocycles. The molecular formula is C15H19NO. The summed E-state index contributed by atoms with van der Waals surface area (Å²) in [7, 11) is 0. The minimum atomic E-state index is 0.508. The fourth-order valence-electron chi connectivity index (χ4n) is 2.04. The Balaban J connectivity index is 2.08. The van der Waals surface area contributed by atoms with Crippen molar-refractivity contribution in [3.05, 3.63) is 60.1 Å². The van der Waals surface area contributed by atoms with Crippen molar-refractivity contribution in [2.45, 2.75) is 19.3 Å². The van der Waals surface area contributed by atoms with Crippen molar-refractivity contribution in [2.75, 3.05) is 13.1 Å². The summed E-state index contributed by atoms with van der Waals surface area (Å²) >= 11 is 0. The molecule has 0 saturated carbocycles. The standard InChI is InChI=1S/C15H19NO/c1-2-16-11-15(10-13-8-9-17-12-13)14-6-4-3-5-7-14/h3-9,12,15-16H,2,10-11H2,1H3. The Bertz CT molecular complexity index is 408. The van der Waals surface area contributed by atoms with E-state index in [2.05, 4.69) is 42.6 Å². The van der Waals surface area contributed by atoms with Crippen molar-refractivity contribution in [1.29, 1.82) is 0 Å². The Morgan fingerprint density at radius 3 is 2.65 bits per heavy atom. The summed E-state index contributed by atoms with van der Waals surface area (Å²) in [6.45, 7) is 4.15. The average Bonchev–Trinajstić information content (AvgIpc) is 2.88. The van der Waals surface area contributed by atoms with Crippen LogP contribution in [0.1, 0.15) is 24.0 Å². The van der Waals surface area contributed by atoms with Crippen LogP contribution in [0.25, 0.3) is 0 Å². The highest BCUT2D eigenvalue weighted by molar-refractivity contribution is 5.23. The molecule has 2 nitrogen and oxygen atoms in total. The summed E-state index contributed by atoms with van der Waals surface area (Å²) in [5.41, 5.74) is 2.64. The van der Waals surface area contributed by atoms with Gasteiger partial charge in [-0.3, -0.25) is 0 Å². The molecule has 2 heteroatoms. The Kier molecular flexibility index (Phi) is 4.39. The molecular weight excluding hydrogens is 210 g/mol. The van der Waals surface area contributed by atoms with Crippen LogP contribution < -0.4 is 5.32 Å². The first-order valence-corrected chi connectivity index (χ1v) is 6.17. The summed E-state index contributed by atoms with van der Waals surface area (Å²) < 4.78 is 5.14. The predicted molar refractivity (Wildman–Crippen MR) is 70.1 cm³/mol. The Hall–Kier alpha value is -1.54. The topological polar surface area (TPSA) is 25.2 Å². The second-order valence-electron chi connectivity index (χ2n) is 4.25. The zero-order valence-electron chi connectivity index (χ0n) is 10.2. The molecule has 0 aliphatic carbocycles. The number of hydrogen-bond donors (Lipinski definition) is 1. The lowest BCUT2D eigenvalue weighted by molar-refractivity contribution is 0.555. The fraction of sp³-hybridized carbons (Fsp3) is 0.333.